The van der Waals surface area contributed by atoms with Gasteiger partial charge in [0, 0.05) is 18.3 Å². The van der Waals surface area contributed by atoms with E-state index in [1.54, 1.807) is 13.8 Å². The van der Waals surface area contributed by atoms with E-state index in [4.69, 9.17) is 28.4 Å². The van der Waals surface area contributed by atoms with Gasteiger partial charge >= 0.3 is 5.97 Å². The fraction of sp³-hybridized carbons (Fsp3) is 0.929. The van der Waals surface area contributed by atoms with Gasteiger partial charge in [-0.3, -0.25) is 4.79 Å². The molecule has 14 nitrogen and oxygen atoms in total. The summed E-state index contributed by atoms with van der Waals surface area (Å²) in [6.07, 6.45) is -4.60. The number of aliphatic hydroxyl groups is 7. The van der Waals surface area contributed by atoms with E-state index in [9.17, 15) is 40.5 Å². The molecule has 20 atom stereocenters. The highest BCUT2D eigenvalue weighted by Gasteiger charge is 2.85. The van der Waals surface area contributed by atoms with Crippen LogP contribution in [-0.2, 0) is 33.2 Å². The average molecular weight is 795 g/mol. The van der Waals surface area contributed by atoms with Crippen molar-refractivity contribution in [1.29, 1.82) is 0 Å². The number of ether oxygens (including phenoxy) is 6. The van der Waals surface area contributed by atoms with Gasteiger partial charge in [-0.1, -0.05) is 34.6 Å². The molecule has 0 radical (unpaired) electrons. The van der Waals surface area contributed by atoms with Crippen molar-refractivity contribution >= 4 is 5.97 Å². The molecule has 0 aromatic heterocycles. The van der Waals surface area contributed by atoms with Gasteiger partial charge in [-0.25, -0.2) is 0 Å². The lowest BCUT2D eigenvalue weighted by atomic mass is 9.41. The average Bonchev–Trinajstić information content (AvgIpc) is 3.69. The van der Waals surface area contributed by atoms with Gasteiger partial charge < -0.3 is 64.2 Å². The molecule has 2 saturated heterocycles. The molecule has 3 heterocycles. The minimum atomic E-state index is -1.58. The van der Waals surface area contributed by atoms with E-state index >= 15 is 0 Å². The SMILES string of the molecule is CC(=O)O[C@@H]1C[C@@]23C[C@@]24CC[C@H](O[C@@H]2OC[C@@H](O)[C@H](O[C@@H]5OC[C@@H](O)[C@H](O)[C@H]5O)[C@H]2O)C(C)(C)[C@@H]4CC[C@H]3[C@]2(C)C[C@@H]3OC([C@H](O)C(C)(C)O)=C[C@@H](C)[C@@H]3[C@@]12C. The van der Waals surface area contributed by atoms with Crippen LogP contribution in [0, 0.1) is 50.7 Å². The molecule has 0 aromatic rings. The number of carbonyl (C=O) groups excluding carboxylic acids is 1. The molecule has 0 unspecified atom stereocenters. The van der Waals surface area contributed by atoms with Crippen LogP contribution in [0.15, 0.2) is 11.8 Å². The summed E-state index contributed by atoms with van der Waals surface area (Å²) in [6.45, 7) is 15.6. The number of aliphatic hydroxyl groups excluding tert-OH is 6. The number of fused-ring (bicyclic) bond motifs is 4. The molecule has 3 aliphatic heterocycles. The first-order valence-electron chi connectivity index (χ1n) is 20.9. The molecule has 0 aromatic carbocycles. The molecule has 8 aliphatic rings. The van der Waals surface area contributed by atoms with Crippen LogP contribution >= 0.6 is 0 Å². The Labute approximate surface area is 329 Å². The third-order valence-electron chi connectivity index (χ3n) is 17.1. The lowest BCUT2D eigenvalue weighted by Gasteiger charge is -2.65. The third-order valence-corrected chi connectivity index (χ3v) is 17.1. The summed E-state index contributed by atoms with van der Waals surface area (Å²) in [6, 6.07) is 0. The van der Waals surface area contributed by atoms with Crippen LogP contribution in [0.2, 0.25) is 0 Å². The van der Waals surface area contributed by atoms with Crippen molar-refractivity contribution in [2.75, 3.05) is 13.2 Å². The maximum Gasteiger partial charge on any atom is 0.302 e. The molecule has 8 rings (SSSR count). The van der Waals surface area contributed by atoms with Crippen LogP contribution in [0.5, 0.6) is 0 Å². The second-order valence-corrected chi connectivity index (χ2v) is 20.6. The molecule has 5 aliphatic carbocycles. The van der Waals surface area contributed by atoms with E-state index in [-0.39, 0.29) is 82.3 Å². The van der Waals surface area contributed by atoms with E-state index < -0.39 is 60.9 Å². The summed E-state index contributed by atoms with van der Waals surface area (Å²) in [5.74, 6) is 0.853. The minimum Gasteiger partial charge on any atom is -0.492 e. The Hall–Kier alpha value is -1.43. The molecule has 318 valence electrons. The van der Waals surface area contributed by atoms with Crippen LogP contribution in [-0.4, -0.2) is 134 Å². The lowest BCUT2D eigenvalue weighted by Crippen LogP contribution is -2.64. The third kappa shape index (κ3) is 5.78. The Kier molecular flexibility index (Phi) is 9.99. The van der Waals surface area contributed by atoms with Crippen molar-refractivity contribution in [3.05, 3.63) is 11.8 Å². The summed E-state index contributed by atoms with van der Waals surface area (Å²) >= 11 is 0. The largest absolute Gasteiger partial charge is 0.492 e. The highest BCUT2D eigenvalue weighted by Crippen LogP contribution is 2.89. The highest BCUT2D eigenvalue weighted by molar-refractivity contribution is 5.66. The van der Waals surface area contributed by atoms with Crippen molar-refractivity contribution in [2.45, 2.75) is 180 Å². The molecule has 0 bridgehead atoms. The highest BCUT2D eigenvalue weighted by atomic mass is 16.7. The Morgan fingerprint density at radius 3 is 2.16 bits per heavy atom. The zero-order valence-corrected chi connectivity index (χ0v) is 34.2. The van der Waals surface area contributed by atoms with Gasteiger partial charge in [0.15, 0.2) is 12.6 Å². The van der Waals surface area contributed by atoms with E-state index in [1.807, 2.05) is 6.08 Å². The van der Waals surface area contributed by atoms with Crippen molar-refractivity contribution < 1.29 is 69.0 Å². The fourth-order valence-corrected chi connectivity index (χ4v) is 14.4. The Bertz CT molecular complexity index is 1560. The number of rotatable bonds is 7. The first kappa shape index (κ1) is 41.3. The number of hydrogen-bond acceptors (Lipinski definition) is 14. The van der Waals surface area contributed by atoms with Crippen LogP contribution in [0.1, 0.15) is 100 Å². The first-order chi connectivity index (χ1) is 26.0. The number of hydrogen-bond donors (Lipinski definition) is 7. The second kappa shape index (κ2) is 13.5. The molecule has 14 heteroatoms. The molecule has 7 N–H and O–H groups in total. The van der Waals surface area contributed by atoms with Crippen molar-refractivity contribution in [1.82, 2.24) is 0 Å². The van der Waals surface area contributed by atoms with Crippen molar-refractivity contribution in [2.24, 2.45) is 50.7 Å². The zero-order chi connectivity index (χ0) is 40.7. The van der Waals surface area contributed by atoms with E-state index in [0.29, 0.717) is 18.1 Å². The first-order valence-corrected chi connectivity index (χ1v) is 20.9. The maximum atomic E-state index is 12.9. The summed E-state index contributed by atoms with van der Waals surface area (Å²) in [5, 5.41) is 74.4. The lowest BCUT2D eigenvalue weighted by molar-refractivity contribution is -0.345. The summed E-state index contributed by atoms with van der Waals surface area (Å²) < 4.78 is 36.8. The minimum absolute atomic E-state index is 0.0104. The summed E-state index contributed by atoms with van der Waals surface area (Å²) in [7, 11) is 0. The van der Waals surface area contributed by atoms with Crippen LogP contribution in [0.3, 0.4) is 0 Å². The molecular formula is C42H66O14. The number of carbonyl (C=O) groups is 1. The standard InChI is InChI=1S/C42H66O14/c1-19-13-23(34(49)38(5,6)50)54-24-14-39(7)26-10-9-25-37(3,4)27(11-12-41(25)18-42(26,41)15-28(53-20(2)43)40(39,8)29(19)24)55-36-32(48)33(22(45)17-52-36)56-35-31(47)30(46)21(44)16-51-35/h13,19,21-22,24-36,44-50H,9-12,14-18H2,1-8H3/t19-,21-,22-,24+,25+,26+,27+,28-,29+,30+,31-,32-,33+,34+,35+,36+,39+,40-,41-,42+/m1/s1. The molecule has 5 saturated carbocycles. The number of esters is 1. The van der Waals surface area contributed by atoms with Gasteiger partial charge in [0.05, 0.1) is 24.9 Å². The van der Waals surface area contributed by atoms with Gasteiger partial charge in [0.25, 0.3) is 0 Å². The predicted octanol–water partition coefficient (Wildman–Crippen LogP) is 1.92. The quantitative estimate of drug-likeness (QED) is 0.145. The Morgan fingerprint density at radius 1 is 0.857 bits per heavy atom. The topological polar surface area (TPSA) is 214 Å². The Morgan fingerprint density at radius 2 is 1.50 bits per heavy atom. The van der Waals surface area contributed by atoms with Gasteiger partial charge in [0.1, 0.15) is 60.7 Å². The van der Waals surface area contributed by atoms with Crippen molar-refractivity contribution in [3.63, 3.8) is 0 Å². The van der Waals surface area contributed by atoms with Gasteiger partial charge in [-0.15, -0.1) is 0 Å². The van der Waals surface area contributed by atoms with Gasteiger partial charge in [-0.05, 0) is 104 Å². The Balaban J connectivity index is 1.03. The molecule has 56 heavy (non-hydrogen) atoms. The number of allylic oxidation sites excluding steroid dienone is 1. The fourth-order valence-electron chi connectivity index (χ4n) is 14.4. The smallest absolute Gasteiger partial charge is 0.302 e. The van der Waals surface area contributed by atoms with Crippen LogP contribution in [0.25, 0.3) is 0 Å². The zero-order valence-electron chi connectivity index (χ0n) is 34.2. The predicted molar refractivity (Wildman–Crippen MR) is 197 cm³/mol. The van der Waals surface area contributed by atoms with E-state index in [2.05, 4.69) is 34.6 Å². The van der Waals surface area contributed by atoms with Crippen LogP contribution < -0.4 is 0 Å². The second-order valence-electron chi connectivity index (χ2n) is 20.6. The van der Waals surface area contributed by atoms with E-state index in [1.165, 1.54) is 6.92 Å². The summed E-state index contributed by atoms with van der Waals surface area (Å²) in [4.78, 5) is 12.9. The van der Waals surface area contributed by atoms with Gasteiger partial charge in [0.2, 0.25) is 0 Å². The molecule has 0 amide bonds. The maximum absolute atomic E-state index is 12.9. The van der Waals surface area contributed by atoms with Gasteiger partial charge in [-0.2, -0.15) is 0 Å². The summed E-state index contributed by atoms with van der Waals surface area (Å²) in [5.41, 5.74) is -2.36. The monoisotopic (exact) mass is 794 g/mol. The van der Waals surface area contributed by atoms with Crippen LogP contribution in [0.4, 0.5) is 0 Å². The van der Waals surface area contributed by atoms with E-state index in [0.717, 1.165) is 38.5 Å². The van der Waals surface area contributed by atoms with Crippen molar-refractivity contribution in [3.8, 4) is 0 Å². The molecule has 2 spiro atoms. The molecule has 7 fully saturated rings. The molecular weight excluding hydrogens is 728 g/mol. The normalized spacial score (nSPS) is 53.8.